The molecule has 0 bridgehead atoms. The molecule has 7 rings (SSSR count). The molecule has 4 aromatic carbocycles. The van der Waals surface area contributed by atoms with E-state index in [4.69, 9.17) is 26.8 Å². The number of anilines is 3. The number of nitrogens with two attached hydrogens (primary N) is 1. The highest BCUT2D eigenvalue weighted by Crippen LogP contribution is 2.60. The number of fused-ring (bicyclic) bond motifs is 2. The number of rotatable bonds is 10. The van der Waals surface area contributed by atoms with Crippen LogP contribution in [0.1, 0.15) is 47.7 Å². The van der Waals surface area contributed by atoms with E-state index in [-0.39, 0.29) is 54.8 Å². The fraction of sp³-hybridized carbons (Fsp3) is 0.357. The number of methoxy groups -OCH3 is 1. The molecule has 3 heterocycles. The van der Waals surface area contributed by atoms with Gasteiger partial charge in [-0.2, -0.15) is 0 Å². The molecule has 0 saturated carbocycles. The summed E-state index contributed by atoms with van der Waals surface area (Å²) in [7, 11) is -0.859. The van der Waals surface area contributed by atoms with E-state index in [1.54, 1.807) is 47.2 Å². The highest BCUT2D eigenvalue weighted by molar-refractivity contribution is 6.91. The number of hydrogen-bond donors (Lipinski definition) is 3. The molecule has 282 valence electrons. The van der Waals surface area contributed by atoms with E-state index in [0.717, 1.165) is 24.2 Å². The van der Waals surface area contributed by atoms with Crippen molar-refractivity contribution in [2.24, 2.45) is 5.92 Å². The van der Waals surface area contributed by atoms with Gasteiger partial charge >= 0.3 is 0 Å². The van der Waals surface area contributed by atoms with Crippen molar-refractivity contribution in [1.29, 1.82) is 0 Å². The van der Waals surface area contributed by atoms with Crippen molar-refractivity contribution in [2.75, 3.05) is 36.2 Å². The minimum atomic E-state index is -2.50. The molecular formula is C42H47ClN4O6Si. The summed E-state index contributed by atoms with van der Waals surface area (Å²) in [6.45, 7) is 7.37. The second kappa shape index (κ2) is 14.9. The zero-order valence-corrected chi connectivity index (χ0v) is 32.8. The third kappa shape index (κ3) is 6.67. The summed E-state index contributed by atoms with van der Waals surface area (Å²) in [4.78, 5) is 45.8. The van der Waals surface area contributed by atoms with E-state index in [1.807, 2.05) is 48.5 Å². The Balaban J connectivity index is 1.24. The van der Waals surface area contributed by atoms with Gasteiger partial charge in [0.2, 0.25) is 5.91 Å². The van der Waals surface area contributed by atoms with Crippen molar-refractivity contribution in [1.82, 2.24) is 4.90 Å². The molecule has 54 heavy (non-hydrogen) atoms. The van der Waals surface area contributed by atoms with Gasteiger partial charge in [0, 0.05) is 40.0 Å². The zero-order chi connectivity index (χ0) is 38.4. The summed E-state index contributed by atoms with van der Waals surface area (Å²) >= 11 is 6.69. The van der Waals surface area contributed by atoms with Crippen LogP contribution in [0, 0.1) is 5.92 Å². The largest absolute Gasteiger partial charge is 0.497 e. The Bertz CT molecular complexity index is 2060. The van der Waals surface area contributed by atoms with Gasteiger partial charge in [0.1, 0.15) is 5.75 Å². The SMILES string of the molecule is COc1ccc([Si](C)(C)[C@@H]2[C@@H](CC(=O)N3CCC[C@H]3CO)O[C@]3(C(=O)N(Cc4cccc(NC(=O)c5ccc(N)cc5)c4)c4ccc(Cl)cc43)[C@H]2C)cc1. The standard InChI is InChI=1S/C42H47ClN4O6Si/c1-26-39(54(3,4)34-17-15-33(52-2)16-18-34)37(23-38(49)46-20-6-9-32(46)25-48)53-42(26)35-22-29(43)12-19-36(35)47(41(42)51)24-27-7-5-8-31(21-27)45-40(50)28-10-13-30(44)14-11-28/h5,7-8,10-19,21-22,26,32,37,39,48H,6,9,20,23-25,44H2,1-4H3,(H,45,50)/t26-,32-,37+,39-,42+/m0/s1. The van der Waals surface area contributed by atoms with E-state index in [1.165, 1.54) is 5.19 Å². The molecule has 3 amide bonds. The molecule has 1 spiro atoms. The Morgan fingerprint density at radius 3 is 2.50 bits per heavy atom. The lowest BCUT2D eigenvalue weighted by Gasteiger charge is -2.37. The highest BCUT2D eigenvalue weighted by Gasteiger charge is 2.66. The Labute approximate surface area is 322 Å². The molecule has 0 radical (unpaired) electrons. The first-order chi connectivity index (χ1) is 25.9. The number of halogens is 1. The number of nitrogens with one attached hydrogen (secondary N) is 1. The minimum Gasteiger partial charge on any atom is -0.497 e. The van der Waals surface area contributed by atoms with Crippen LogP contribution < -0.4 is 25.9 Å². The molecule has 0 aliphatic carbocycles. The Hall–Kier alpha value is -4.68. The second-order valence-corrected chi connectivity index (χ2v) is 20.4. The van der Waals surface area contributed by atoms with Crippen LogP contribution in [0.2, 0.25) is 23.7 Å². The van der Waals surface area contributed by atoms with Gasteiger partial charge in [-0.15, -0.1) is 0 Å². The Morgan fingerprint density at radius 1 is 1.06 bits per heavy atom. The first-order valence-corrected chi connectivity index (χ1v) is 21.9. The van der Waals surface area contributed by atoms with Gasteiger partial charge in [-0.3, -0.25) is 14.4 Å². The lowest BCUT2D eigenvalue weighted by molar-refractivity contribution is -0.150. The topological polar surface area (TPSA) is 134 Å². The molecule has 0 unspecified atom stereocenters. The van der Waals surface area contributed by atoms with Gasteiger partial charge in [-0.1, -0.05) is 61.1 Å². The first kappa shape index (κ1) is 37.6. The van der Waals surface area contributed by atoms with Gasteiger partial charge < -0.3 is 35.4 Å². The van der Waals surface area contributed by atoms with E-state index in [2.05, 4.69) is 37.5 Å². The predicted molar refractivity (Wildman–Crippen MR) is 214 cm³/mol. The average Bonchev–Trinajstić information content (AvgIpc) is 3.82. The smallest absolute Gasteiger partial charge is 0.264 e. The third-order valence-electron chi connectivity index (χ3n) is 11.8. The van der Waals surface area contributed by atoms with Crippen molar-refractivity contribution < 1.29 is 29.0 Å². The summed E-state index contributed by atoms with van der Waals surface area (Å²) in [6.07, 6.45) is 1.12. The van der Waals surface area contributed by atoms with Crippen LogP contribution in [0.15, 0.2) is 91.0 Å². The summed E-state index contributed by atoms with van der Waals surface area (Å²) in [5.41, 5.74) is 8.09. The van der Waals surface area contributed by atoms with Crippen molar-refractivity contribution >= 4 is 59.6 Å². The van der Waals surface area contributed by atoms with Crippen molar-refractivity contribution in [3.63, 3.8) is 0 Å². The van der Waals surface area contributed by atoms with Gasteiger partial charge in [0.05, 0.1) is 52.6 Å². The molecule has 0 aromatic heterocycles. The van der Waals surface area contributed by atoms with Crippen LogP contribution in [-0.4, -0.2) is 68.2 Å². The van der Waals surface area contributed by atoms with Crippen molar-refractivity contribution in [3.8, 4) is 5.75 Å². The lowest BCUT2D eigenvalue weighted by atomic mass is 9.82. The molecule has 12 heteroatoms. The van der Waals surface area contributed by atoms with Crippen LogP contribution in [0.3, 0.4) is 0 Å². The van der Waals surface area contributed by atoms with Crippen molar-refractivity contribution in [3.05, 3.63) is 113 Å². The molecule has 3 aliphatic rings. The summed E-state index contributed by atoms with van der Waals surface area (Å²) in [5, 5.41) is 14.7. The fourth-order valence-electron chi connectivity index (χ4n) is 9.05. The van der Waals surface area contributed by atoms with Crippen LogP contribution in [0.4, 0.5) is 17.1 Å². The van der Waals surface area contributed by atoms with Crippen LogP contribution in [0.5, 0.6) is 5.75 Å². The normalized spacial score (nSPS) is 23.6. The minimum absolute atomic E-state index is 0.0724. The number of benzene rings is 4. The molecule has 5 atom stereocenters. The molecule has 2 saturated heterocycles. The van der Waals surface area contributed by atoms with Crippen molar-refractivity contribution in [2.45, 2.75) is 69.1 Å². The molecular weight excluding hydrogens is 720 g/mol. The number of likely N-dealkylation sites (tertiary alicyclic amines) is 1. The molecule has 10 nitrogen and oxygen atoms in total. The van der Waals surface area contributed by atoms with E-state index in [9.17, 15) is 14.7 Å². The van der Waals surface area contributed by atoms with Gasteiger partial charge in [0.15, 0.2) is 5.60 Å². The number of ether oxygens (including phenoxy) is 2. The number of amides is 3. The van der Waals surface area contributed by atoms with E-state index < -0.39 is 19.8 Å². The lowest BCUT2D eigenvalue weighted by Crippen LogP contribution is -2.52. The number of carbonyl (C=O) groups excluding carboxylic acids is 3. The Morgan fingerprint density at radius 2 is 1.80 bits per heavy atom. The van der Waals surface area contributed by atoms with E-state index >= 15 is 4.79 Å². The highest BCUT2D eigenvalue weighted by atomic mass is 35.5. The zero-order valence-electron chi connectivity index (χ0n) is 31.1. The summed E-state index contributed by atoms with van der Waals surface area (Å²) in [5.74, 6) is -0.127. The number of aliphatic hydroxyl groups excluding tert-OH is 1. The number of hydrogen-bond acceptors (Lipinski definition) is 7. The maximum Gasteiger partial charge on any atom is 0.264 e. The van der Waals surface area contributed by atoms with Gasteiger partial charge in [-0.05, 0) is 90.7 Å². The number of carbonyl (C=O) groups is 3. The van der Waals surface area contributed by atoms with E-state index in [0.29, 0.717) is 39.8 Å². The second-order valence-electron chi connectivity index (χ2n) is 15.3. The number of nitrogens with zero attached hydrogens (tertiary/aromatic N) is 2. The third-order valence-corrected chi connectivity index (χ3v) is 16.4. The number of aliphatic hydroxyl groups is 1. The van der Waals surface area contributed by atoms with Gasteiger partial charge in [-0.25, -0.2) is 0 Å². The monoisotopic (exact) mass is 766 g/mol. The predicted octanol–water partition coefficient (Wildman–Crippen LogP) is 6.32. The summed E-state index contributed by atoms with van der Waals surface area (Å²) in [6, 6.07) is 27.5. The quantitative estimate of drug-likeness (QED) is 0.127. The molecule has 3 aliphatic heterocycles. The van der Waals surface area contributed by atoms with Crippen LogP contribution >= 0.6 is 11.6 Å². The fourth-order valence-corrected chi connectivity index (χ4v) is 13.2. The molecule has 4 aromatic rings. The summed E-state index contributed by atoms with van der Waals surface area (Å²) < 4.78 is 12.6. The average molecular weight is 767 g/mol. The maximum atomic E-state index is 15.2. The van der Waals surface area contributed by atoms with Gasteiger partial charge in [0.25, 0.3) is 11.8 Å². The molecule has 2 fully saturated rings. The van der Waals surface area contributed by atoms with Crippen LogP contribution in [-0.2, 0) is 26.5 Å². The van der Waals surface area contributed by atoms with Crippen LogP contribution in [0.25, 0.3) is 0 Å². The Kier molecular flexibility index (Phi) is 10.4. The maximum absolute atomic E-state index is 15.2. The molecule has 4 N–H and O–H groups in total. The first-order valence-electron chi connectivity index (χ1n) is 18.5. The number of nitrogen functional groups attached to an aromatic ring is 1.